The van der Waals surface area contributed by atoms with Crippen molar-refractivity contribution < 1.29 is 19.7 Å². The van der Waals surface area contributed by atoms with Gasteiger partial charge < -0.3 is 19.7 Å². The van der Waals surface area contributed by atoms with Crippen molar-refractivity contribution in [2.24, 2.45) is 0 Å². The number of benzene rings is 6. The van der Waals surface area contributed by atoms with Crippen molar-refractivity contribution in [3.8, 4) is 11.5 Å². The second-order valence-electron chi connectivity index (χ2n) is 11.9. The average molecular weight is 597 g/mol. The van der Waals surface area contributed by atoms with Crippen LogP contribution in [-0.2, 0) is 5.41 Å². The fourth-order valence-corrected chi connectivity index (χ4v) is 6.78. The van der Waals surface area contributed by atoms with E-state index in [0.29, 0.717) is 0 Å². The van der Waals surface area contributed by atoms with E-state index >= 15 is 0 Å². The lowest BCUT2D eigenvalue weighted by Gasteiger charge is -2.38. The summed E-state index contributed by atoms with van der Waals surface area (Å²) in [6, 6.07) is 39.6. The highest BCUT2D eigenvalue weighted by Gasteiger charge is 2.39. The van der Waals surface area contributed by atoms with Crippen LogP contribution < -0.4 is 9.47 Å². The Morgan fingerprint density at radius 3 is 1.31 bits per heavy atom. The number of ether oxygens (including phenoxy) is 2. The molecule has 0 fully saturated rings. The first-order valence-electron chi connectivity index (χ1n) is 15.6. The molecule has 45 heavy (non-hydrogen) atoms. The number of aliphatic hydroxyl groups is 2. The third kappa shape index (κ3) is 5.56. The molecule has 6 aromatic carbocycles. The molecule has 0 bridgehead atoms. The first-order chi connectivity index (χ1) is 21.9. The molecule has 0 heterocycles. The average Bonchev–Trinajstić information content (AvgIpc) is 3.05. The van der Waals surface area contributed by atoms with Gasteiger partial charge in [0.2, 0.25) is 0 Å². The highest BCUT2D eigenvalue weighted by Crippen LogP contribution is 2.47. The molecule has 0 aliphatic rings. The Labute approximate surface area is 265 Å². The maximum Gasteiger partial charge on any atom is 0.122 e. The Balaban J connectivity index is 1.66. The van der Waals surface area contributed by atoms with E-state index in [-0.39, 0.29) is 26.4 Å². The van der Waals surface area contributed by atoms with E-state index in [4.69, 9.17) is 9.47 Å². The molecule has 0 aromatic heterocycles. The number of hydrogen-bond acceptors (Lipinski definition) is 4. The lowest BCUT2D eigenvalue weighted by atomic mass is 9.64. The monoisotopic (exact) mass is 596 g/mol. The quantitative estimate of drug-likeness (QED) is 0.156. The second-order valence-corrected chi connectivity index (χ2v) is 11.9. The summed E-state index contributed by atoms with van der Waals surface area (Å²) in [6.07, 6.45) is 0. The highest BCUT2D eigenvalue weighted by atomic mass is 16.5. The third-order valence-corrected chi connectivity index (χ3v) is 8.94. The van der Waals surface area contributed by atoms with Gasteiger partial charge in [0, 0.05) is 0 Å². The van der Waals surface area contributed by atoms with Crippen LogP contribution in [0.4, 0.5) is 0 Å². The van der Waals surface area contributed by atoms with Crippen molar-refractivity contribution in [3.63, 3.8) is 0 Å². The molecule has 4 heteroatoms. The van der Waals surface area contributed by atoms with Crippen molar-refractivity contribution in [2.45, 2.75) is 33.1 Å². The molecule has 0 saturated heterocycles. The van der Waals surface area contributed by atoms with Gasteiger partial charge in [-0.05, 0) is 107 Å². The van der Waals surface area contributed by atoms with Crippen LogP contribution >= 0.6 is 0 Å². The van der Waals surface area contributed by atoms with Crippen LogP contribution in [0.1, 0.15) is 44.5 Å². The largest absolute Gasteiger partial charge is 0.491 e. The van der Waals surface area contributed by atoms with Gasteiger partial charge in [0.15, 0.2) is 0 Å². The normalized spacial score (nSPS) is 11.7. The van der Waals surface area contributed by atoms with Gasteiger partial charge in [0.1, 0.15) is 24.7 Å². The second kappa shape index (κ2) is 12.8. The molecular weight excluding hydrogens is 556 g/mol. The Hall–Kier alpha value is -4.64. The Kier molecular flexibility index (Phi) is 8.62. The molecule has 0 aliphatic carbocycles. The first-order valence-corrected chi connectivity index (χ1v) is 15.6. The molecule has 0 radical (unpaired) electrons. The van der Waals surface area contributed by atoms with Gasteiger partial charge in [-0.15, -0.1) is 0 Å². The minimum atomic E-state index is -0.611. The van der Waals surface area contributed by atoms with Crippen molar-refractivity contribution in [1.29, 1.82) is 0 Å². The third-order valence-electron chi connectivity index (χ3n) is 8.94. The summed E-state index contributed by atoms with van der Waals surface area (Å²) in [6.45, 7) is 8.96. The number of aryl methyl sites for hydroxylation is 4. The highest BCUT2D eigenvalue weighted by molar-refractivity contribution is 5.91. The number of hydrogen-bond donors (Lipinski definition) is 2. The van der Waals surface area contributed by atoms with Gasteiger partial charge in [-0.1, -0.05) is 96.1 Å². The van der Waals surface area contributed by atoms with E-state index in [2.05, 4.69) is 125 Å². The Morgan fingerprint density at radius 2 is 0.911 bits per heavy atom. The van der Waals surface area contributed by atoms with E-state index in [1.807, 2.05) is 12.1 Å². The first kappa shape index (κ1) is 30.4. The maximum atomic E-state index is 9.31. The summed E-state index contributed by atoms with van der Waals surface area (Å²) in [4.78, 5) is 0. The van der Waals surface area contributed by atoms with E-state index in [0.717, 1.165) is 44.2 Å². The van der Waals surface area contributed by atoms with Crippen LogP contribution in [0.3, 0.4) is 0 Å². The number of rotatable bonds is 10. The smallest absolute Gasteiger partial charge is 0.122 e. The van der Waals surface area contributed by atoms with Gasteiger partial charge in [0.05, 0.1) is 18.6 Å². The number of aliphatic hydroxyl groups excluding tert-OH is 2. The Morgan fingerprint density at radius 1 is 0.489 bits per heavy atom. The molecule has 0 atom stereocenters. The fourth-order valence-electron chi connectivity index (χ4n) is 6.78. The van der Waals surface area contributed by atoms with Gasteiger partial charge in [-0.3, -0.25) is 0 Å². The van der Waals surface area contributed by atoms with E-state index in [9.17, 15) is 10.2 Å². The van der Waals surface area contributed by atoms with Crippen LogP contribution in [0.2, 0.25) is 0 Å². The van der Waals surface area contributed by atoms with Crippen LogP contribution in [0.25, 0.3) is 21.5 Å². The zero-order valence-corrected chi connectivity index (χ0v) is 26.4. The Bertz CT molecular complexity index is 1850. The number of fused-ring (bicyclic) bond motifs is 2. The van der Waals surface area contributed by atoms with Crippen molar-refractivity contribution >= 4 is 21.5 Å². The predicted octanol–water partition coefficient (Wildman–Crippen LogP) is 8.35. The molecule has 4 nitrogen and oxygen atoms in total. The van der Waals surface area contributed by atoms with Crippen LogP contribution in [0.5, 0.6) is 11.5 Å². The van der Waals surface area contributed by atoms with Crippen LogP contribution in [0, 0.1) is 27.7 Å². The molecule has 0 unspecified atom stereocenters. The summed E-state index contributed by atoms with van der Waals surface area (Å²) < 4.78 is 11.7. The van der Waals surface area contributed by atoms with Crippen molar-refractivity contribution in [2.75, 3.05) is 26.4 Å². The zero-order chi connectivity index (χ0) is 31.6. The van der Waals surface area contributed by atoms with E-state index in [1.54, 1.807) is 0 Å². The van der Waals surface area contributed by atoms with Crippen LogP contribution in [-0.4, -0.2) is 36.6 Å². The summed E-state index contributed by atoms with van der Waals surface area (Å²) in [5.41, 5.74) is 8.66. The summed E-state index contributed by atoms with van der Waals surface area (Å²) in [5.74, 6) is 1.58. The molecule has 6 rings (SSSR count). The minimum Gasteiger partial charge on any atom is -0.491 e. The molecule has 6 aromatic rings. The zero-order valence-electron chi connectivity index (χ0n) is 26.4. The maximum absolute atomic E-state index is 9.31. The summed E-state index contributed by atoms with van der Waals surface area (Å²) >= 11 is 0. The van der Waals surface area contributed by atoms with Crippen molar-refractivity contribution in [3.05, 3.63) is 154 Å². The molecule has 0 aliphatic heterocycles. The lowest BCUT2D eigenvalue weighted by molar-refractivity contribution is 0.201. The molecule has 0 saturated carbocycles. The van der Waals surface area contributed by atoms with E-state index in [1.165, 1.54) is 33.4 Å². The standard InChI is InChI=1S/C41H40O4/c1-27-7-5-9-33(23-27)41(34-10-6-8-28(2)24-34,35-13-15-37-29(3)39(44-21-19-42)17-11-31(37)25-35)36-14-16-38-30(4)40(45-22-20-43)18-12-32(38)26-36/h5-18,23-26,42-43H,19-22H2,1-4H3. The van der Waals surface area contributed by atoms with Crippen LogP contribution in [0.15, 0.2) is 109 Å². The van der Waals surface area contributed by atoms with E-state index < -0.39 is 5.41 Å². The molecule has 0 spiro atoms. The SMILES string of the molecule is Cc1cccc(C(c2cccc(C)c2)(c2ccc3c(C)c(OCCO)ccc3c2)c2ccc3c(C)c(OCCO)ccc3c2)c1. The molecule has 2 N–H and O–H groups in total. The summed E-state index contributed by atoms with van der Waals surface area (Å²) in [5, 5.41) is 23.1. The lowest BCUT2D eigenvalue weighted by Crippen LogP contribution is -2.31. The van der Waals surface area contributed by atoms with Gasteiger partial charge in [0.25, 0.3) is 0 Å². The summed E-state index contributed by atoms with van der Waals surface area (Å²) in [7, 11) is 0. The topological polar surface area (TPSA) is 58.9 Å². The van der Waals surface area contributed by atoms with Crippen molar-refractivity contribution in [1.82, 2.24) is 0 Å². The van der Waals surface area contributed by atoms with Gasteiger partial charge in [-0.25, -0.2) is 0 Å². The van der Waals surface area contributed by atoms with Gasteiger partial charge in [-0.2, -0.15) is 0 Å². The molecule has 0 amide bonds. The molecular formula is C41H40O4. The molecule has 228 valence electrons. The minimum absolute atomic E-state index is 0.0196. The van der Waals surface area contributed by atoms with Gasteiger partial charge >= 0.3 is 0 Å². The predicted molar refractivity (Wildman–Crippen MR) is 184 cm³/mol. The fraction of sp³-hybridized carbons (Fsp3) is 0.220.